The van der Waals surface area contributed by atoms with Gasteiger partial charge in [0.2, 0.25) is 0 Å². The minimum Gasteiger partial charge on any atom is -0.490 e. The van der Waals surface area contributed by atoms with E-state index in [1.54, 1.807) is 54.6 Å². The normalized spacial score (nSPS) is 12.7. The Balaban J connectivity index is 1.52. The summed E-state index contributed by atoms with van der Waals surface area (Å²) in [4.78, 5) is 25.2. The number of amides is 1. The van der Waals surface area contributed by atoms with Gasteiger partial charge in [0.1, 0.15) is 0 Å². The Labute approximate surface area is 162 Å². The molecule has 3 aromatic carbocycles. The predicted molar refractivity (Wildman–Crippen MR) is 106 cm³/mol. The summed E-state index contributed by atoms with van der Waals surface area (Å²) >= 11 is 0. The van der Waals surface area contributed by atoms with Gasteiger partial charge in [0.15, 0.2) is 17.3 Å². The Hall–Kier alpha value is -3.60. The molecule has 1 aliphatic heterocycles. The Morgan fingerprint density at radius 1 is 0.714 bits per heavy atom. The molecule has 0 aliphatic carbocycles. The second kappa shape index (κ2) is 7.96. The van der Waals surface area contributed by atoms with Crippen molar-refractivity contribution in [1.29, 1.82) is 0 Å². The molecule has 5 nitrogen and oxygen atoms in total. The molecule has 1 amide bonds. The number of ketones is 1. The fourth-order valence-corrected chi connectivity index (χ4v) is 3.00. The first-order valence-electron chi connectivity index (χ1n) is 9.11. The smallest absolute Gasteiger partial charge is 0.255 e. The molecule has 0 spiro atoms. The number of nitrogens with one attached hydrogen (secondary N) is 1. The molecule has 0 fully saturated rings. The number of benzene rings is 3. The van der Waals surface area contributed by atoms with E-state index in [0.29, 0.717) is 47.1 Å². The summed E-state index contributed by atoms with van der Waals surface area (Å²) in [5, 5.41) is 2.84. The van der Waals surface area contributed by atoms with E-state index < -0.39 is 0 Å². The first-order chi connectivity index (χ1) is 13.7. The number of anilines is 1. The van der Waals surface area contributed by atoms with E-state index in [1.165, 1.54) is 0 Å². The van der Waals surface area contributed by atoms with Gasteiger partial charge in [-0.05, 0) is 30.3 Å². The van der Waals surface area contributed by atoms with E-state index in [-0.39, 0.29) is 11.7 Å². The molecule has 0 saturated heterocycles. The van der Waals surface area contributed by atoms with Gasteiger partial charge in [-0.25, -0.2) is 0 Å². The molecule has 0 unspecified atom stereocenters. The van der Waals surface area contributed by atoms with Gasteiger partial charge in [0, 0.05) is 28.8 Å². The van der Waals surface area contributed by atoms with Crippen LogP contribution >= 0.6 is 0 Å². The van der Waals surface area contributed by atoms with Crippen molar-refractivity contribution in [3.05, 3.63) is 89.5 Å². The zero-order valence-corrected chi connectivity index (χ0v) is 15.2. The molecule has 3 aromatic rings. The molecule has 0 saturated carbocycles. The fraction of sp³-hybridized carbons (Fsp3) is 0.130. The highest BCUT2D eigenvalue weighted by molar-refractivity contribution is 6.10. The van der Waals surface area contributed by atoms with Gasteiger partial charge in [-0.3, -0.25) is 9.59 Å². The SMILES string of the molecule is O=C(Nc1cccc(C(=O)c2ccccc2)c1)c1ccc2c(c1)OCCCO2. The molecular formula is C23H19NO4. The van der Waals surface area contributed by atoms with Crippen molar-refractivity contribution in [2.45, 2.75) is 6.42 Å². The van der Waals surface area contributed by atoms with Crippen molar-refractivity contribution < 1.29 is 19.1 Å². The van der Waals surface area contributed by atoms with Gasteiger partial charge in [-0.15, -0.1) is 0 Å². The Bertz CT molecular complexity index is 1010. The zero-order chi connectivity index (χ0) is 19.3. The van der Waals surface area contributed by atoms with Crippen LogP contribution in [0.3, 0.4) is 0 Å². The first kappa shape index (κ1) is 17.8. The van der Waals surface area contributed by atoms with Crippen LogP contribution in [0.2, 0.25) is 0 Å². The molecule has 0 bridgehead atoms. The van der Waals surface area contributed by atoms with Crippen LogP contribution in [0.1, 0.15) is 32.7 Å². The summed E-state index contributed by atoms with van der Waals surface area (Å²) in [6.45, 7) is 1.16. The van der Waals surface area contributed by atoms with E-state index >= 15 is 0 Å². The van der Waals surface area contributed by atoms with Crippen molar-refractivity contribution >= 4 is 17.4 Å². The maximum Gasteiger partial charge on any atom is 0.255 e. The number of rotatable bonds is 4. The highest BCUT2D eigenvalue weighted by Gasteiger charge is 2.15. The Kier molecular flexibility index (Phi) is 5.06. The van der Waals surface area contributed by atoms with Crippen molar-refractivity contribution in [3.63, 3.8) is 0 Å². The van der Waals surface area contributed by atoms with E-state index in [2.05, 4.69) is 5.32 Å². The summed E-state index contributed by atoms with van der Waals surface area (Å²) in [7, 11) is 0. The van der Waals surface area contributed by atoms with Crippen LogP contribution in [0.4, 0.5) is 5.69 Å². The molecule has 0 radical (unpaired) electrons. The quantitative estimate of drug-likeness (QED) is 0.692. The molecule has 5 heteroatoms. The van der Waals surface area contributed by atoms with Gasteiger partial charge in [0.25, 0.3) is 5.91 Å². The summed E-state index contributed by atoms with van der Waals surface area (Å²) in [6.07, 6.45) is 0.804. The van der Waals surface area contributed by atoms with Gasteiger partial charge in [0.05, 0.1) is 13.2 Å². The second-order valence-electron chi connectivity index (χ2n) is 6.44. The summed E-state index contributed by atoms with van der Waals surface area (Å²) in [5.41, 5.74) is 2.14. The molecule has 0 aromatic heterocycles. The largest absolute Gasteiger partial charge is 0.490 e. The number of hydrogen-bond acceptors (Lipinski definition) is 4. The number of hydrogen-bond donors (Lipinski definition) is 1. The first-order valence-corrected chi connectivity index (χ1v) is 9.11. The standard InChI is InChI=1S/C23H19NO4/c25-22(16-6-2-1-3-7-16)17-8-4-9-19(14-17)24-23(26)18-10-11-20-21(15-18)28-13-5-12-27-20/h1-4,6-11,14-15H,5,12-13H2,(H,24,26). The third-order valence-electron chi connectivity index (χ3n) is 4.43. The average Bonchev–Trinajstić information content (AvgIpc) is 2.99. The molecule has 1 heterocycles. The zero-order valence-electron chi connectivity index (χ0n) is 15.2. The lowest BCUT2D eigenvalue weighted by molar-refractivity contribution is 0.102. The third kappa shape index (κ3) is 3.88. The van der Waals surface area contributed by atoms with E-state index in [1.807, 2.05) is 18.2 Å². The van der Waals surface area contributed by atoms with Crippen molar-refractivity contribution in [2.24, 2.45) is 0 Å². The van der Waals surface area contributed by atoms with Crippen LogP contribution in [0.15, 0.2) is 72.8 Å². The van der Waals surface area contributed by atoms with Crippen molar-refractivity contribution in [2.75, 3.05) is 18.5 Å². The maximum absolute atomic E-state index is 12.6. The lowest BCUT2D eigenvalue weighted by Gasteiger charge is -2.10. The molecular weight excluding hydrogens is 354 g/mol. The van der Waals surface area contributed by atoms with Crippen LogP contribution in [-0.2, 0) is 0 Å². The minimum absolute atomic E-state index is 0.0905. The minimum atomic E-state index is -0.278. The van der Waals surface area contributed by atoms with Gasteiger partial charge >= 0.3 is 0 Å². The lowest BCUT2D eigenvalue weighted by atomic mass is 10.0. The van der Waals surface area contributed by atoms with Crippen LogP contribution in [0, 0.1) is 0 Å². The number of fused-ring (bicyclic) bond motifs is 1. The molecule has 28 heavy (non-hydrogen) atoms. The molecule has 4 rings (SSSR count). The van der Waals surface area contributed by atoms with Crippen molar-refractivity contribution in [3.8, 4) is 11.5 Å². The highest BCUT2D eigenvalue weighted by atomic mass is 16.5. The average molecular weight is 373 g/mol. The number of carbonyl (C=O) groups is 2. The molecule has 1 aliphatic rings. The number of carbonyl (C=O) groups excluding carboxylic acids is 2. The second-order valence-corrected chi connectivity index (χ2v) is 6.44. The predicted octanol–water partition coefficient (Wildman–Crippen LogP) is 4.33. The van der Waals surface area contributed by atoms with Gasteiger partial charge in [-0.1, -0.05) is 42.5 Å². The van der Waals surface area contributed by atoms with Crippen LogP contribution < -0.4 is 14.8 Å². The molecule has 1 N–H and O–H groups in total. The Morgan fingerprint density at radius 3 is 2.29 bits per heavy atom. The third-order valence-corrected chi connectivity index (χ3v) is 4.43. The maximum atomic E-state index is 12.6. The topological polar surface area (TPSA) is 64.6 Å². The van der Waals surface area contributed by atoms with Crippen LogP contribution in [-0.4, -0.2) is 24.9 Å². The summed E-state index contributed by atoms with van der Waals surface area (Å²) < 4.78 is 11.2. The Morgan fingerprint density at radius 2 is 1.46 bits per heavy atom. The van der Waals surface area contributed by atoms with E-state index in [0.717, 1.165) is 6.42 Å². The molecule has 140 valence electrons. The van der Waals surface area contributed by atoms with Crippen molar-refractivity contribution in [1.82, 2.24) is 0 Å². The number of ether oxygens (including phenoxy) is 2. The van der Waals surface area contributed by atoms with E-state index in [4.69, 9.17) is 9.47 Å². The highest BCUT2D eigenvalue weighted by Crippen LogP contribution is 2.30. The lowest BCUT2D eigenvalue weighted by Crippen LogP contribution is -2.13. The fourth-order valence-electron chi connectivity index (χ4n) is 3.00. The summed E-state index contributed by atoms with van der Waals surface area (Å²) in [5.74, 6) is 0.842. The summed E-state index contributed by atoms with van der Waals surface area (Å²) in [6, 6.07) is 21.1. The van der Waals surface area contributed by atoms with Crippen LogP contribution in [0.5, 0.6) is 11.5 Å². The van der Waals surface area contributed by atoms with E-state index in [9.17, 15) is 9.59 Å². The van der Waals surface area contributed by atoms with Gasteiger partial charge < -0.3 is 14.8 Å². The monoisotopic (exact) mass is 373 g/mol. The molecule has 0 atom stereocenters. The van der Waals surface area contributed by atoms with Crippen LogP contribution in [0.25, 0.3) is 0 Å². The van der Waals surface area contributed by atoms with Gasteiger partial charge in [-0.2, -0.15) is 0 Å².